The van der Waals surface area contributed by atoms with Crippen molar-refractivity contribution < 1.29 is 13.9 Å². The number of thioether (sulfide) groups is 1. The number of primary amides is 1. The minimum Gasteiger partial charge on any atom is -0.478 e. The lowest BCUT2D eigenvalue weighted by Crippen LogP contribution is -2.55. The highest BCUT2D eigenvalue weighted by Gasteiger charge is 2.39. The summed E-state index contributed by atoms with van der Waals surface area (Å²) in [5, 5.41) is 3.42. The number of halogens is 1. The number of carbonyl (C=O) groups excluding carboxylic acids is 1. The number of benzene rings is 2. The van der Waals surface area contributed by atoms with Gasteiger partial charge in [0.05, 0.1) is 6.04 Å². The van der Waals surface area contributed by atoms with Crippen LogP contribution in [0.3, 0.4) is 0 Å². The van der Waals surface area contributed by atoms with E-state index in [1.54, 1.807) is 23.9 Å². The zero-order valence-electron chi connectivity index (χ0n) is 19.1. The number of hydrogen-bond acceptors (Lipinski definition) is 5. The number of rotatable bonds is 8. The molecule has 176 valence electrons. The molecule has 3 aliphatic rings. The van der Waals surface area contributed by atoms with Crippen molar-refractivity contribution in [1.29, 1.82) is 0 Å². The van der Waals surface area contributed by atoms with Gasteiger partial charge in [-0.25, -0.2) is 4.39 Å². The van der Waals surface area contributed by atoms with Crippen molar-refractivity contribution in [2.24, 2.45) is 5.73 Å². The third-order valence-electron chi connectivity index (χ3n) is 7.53. The van der Waals surface area contributed by atoms with Crippen LogP contribution in [0.1, 0.15) is 59.5 Å². The highest BCUT2D eigenvalue weighted by atomic mass is 32.2. The summed E-state index contributed by atoms with van der Waals surface area (Å²) in [7, 11) is 0. The van der Waals surface area contributed by atoms with Gasteiger partial charge in [0.25, 0.3) is 0 Å². The van der Waals surface area contributed by atoms with Gasteiger partial charge in [-0.1, -0.05) is 12.5 Å². The molecule has 0 bridgehead atoms. The number of fused-ring (bicyclic) bond motifs is 2. The van der Waals surface area contributed by atoms with Gasteiger partial charge in [-0.05, 0) is 80.8 Å². The van der Waals surface area contributed by atoms with E-state index in [1.165, 1.54) is 25.3 Å². The van der Waals surface area contributed by atoms with Gasteiger partial charge in [0.1, 0.15) is 11.6 Å². The van der Waals surface area contributed by atoms with E-state index in [1.807, 2.05) is 18.2 Å². The van der Waals surface area contributed by atoms with E-state index < -0.39 is 5.91 Å². The minimum absolute atomic E-state index is 0.0178. The summed E-state index contributed by atoms with van der Waals surface area (Å²) >= 11 is 1.73. The molecule has 0 aromatic heterocycles. The predicted octanol–water partition coefficient (Wildman–Crippen LogP) is 4.76. The molecule has 2 aliphatic heterocycles. The van der Waals surface area contributed by atoms with Crippen molar-refractivity contribution in [2.45, 2.75) is 62.0 Å². The fraction of sp³-hybridized carbons (Fsp3) is 0.500. The number of carbonyl (C=O) groups is 1. The van der Waals surface area contributed by atoms with Crippen LogP contribution in [0, 0.1) is 5.82 Å². The van der Waals surface area contributed by atoms with E-state index in [0.717, 1.165) is 54.9 Å². The fourth-order valence-electron chi connectivity index (χ4n) is 5.60. The van der Waals surface area contributed by atoms with Crippen molar-refractivity contribution in [3.8, 4) is 5.75 Å². The summed E-state index contributed by atoms with van der Waals surface area (Å²) in [5.41, 5.74) is 9.38. The molecule has 1 amide bonds. The zero-order valence-corrected chi connectivity index (χ0v) is 19.9. The summed E-state index contributed by atoms with van der Waals surface area (Å²) < 4.78 is 20.2. The Balaban J connectivity index is 1.32. The van der Waals surface area contributed by atoms with Gasteiger partial charge in [0.15, 0.2) is 5.44 Å². The van der Waals surface area contributed by atoms with Crippen molar-refractivity contribution in [3.63, 3.8) is 0 Å². The third-order valence-corrected chi connectivity index (χ3v) is 8.41. The van der Waals surface area contributed by atoms with Crippen LogP contribution < -0.4 is 15.8 Å². The topological polar surface area (TPSA) is 67.6 Å². The summed E-state index contributed by atoms with van der Waals surface area (Å²) in [5.74, 6) is 0.572. The number of nitrogens with two attached hydrogens (primary N) is 1. The summed E-state index contributed by atoms with van der Waals surface area (Å²) in [6, 6.07) is 11.4. The molecule has 3 unspecified atom stereocenters. The first-order chi connectivity index (χ1) is 16.0. The molecule has 5 rings (SSSR count). The molecule has 33 heavy (non-hydrogen) atoms. The van der Waals surface area contributed by atoms with Crippen molar-refractivity contribution in [1.82, 2.24) is 4.90 Å². The maximum atomic E-state index is 13.8. The Labute approximate surface area is 199 Å². The van der Waals surface area contributed by atoms with Crippen LogP contribution in [0.25, 0.3) is 0 Å². The monoisotopic (exact) mass is 469 g/mol. The van der Waals surface area contributed by atoms with E-state index in [0.29, 0.717) is 17.5 Å². The van der Waals surface area contributed by atoms with Crippen molar-refractivity contribution in [3.05, 3.63) is 58.9 Å². The minimum atomic E-state index is -0.397. The zero-order chi connectivity index (χ0) is 22.9. The number of hydrogen-bond donors (Lipinski definition) is 2. The molecular weight excluding hydrogens is 437 g/mol. The van der Waals surface area contributed by atoms with Crippen LogP contribution >= 0.6 is 11.8 Å². The van der Waals surface area contributed by atoms with Crippen LogP contribution in [0.5, 0.6) is 5.75 Å². The molecule has 2 aromatic carbocycles. The Bertz CT molecular complexity index is 1030. The number of amides is 1. The fourth-order valence-corrected chi connectivity index (χ4v) is 6.36. The number of ether oxygens (including phenoxy) is 1. The smallest absolute Gasteiger partial charge is 0.249 e. The van der Waals surface area contributed by atoms with E-state index >= 15 is 0 Å². The van der Waals surface area contributed by atoms with E-state index in [-0.39, 0.29) is 17.3 Å². The van der Waals surface area contributed by atoms with Crippen LogP contribution in [0.4, 0.5) is 10.1 Å². The van der Waals surface area contributed by atoms with Crippen LogP contribution in [-0.4, -0.2) is 47.7 Å². The molecule has 1 saturated carbocycles. The van der Waals surface area contributed by atoms with Gasteiger partial charge >= 0.3 is 0 Å². The van der Waals surface area contributed by atoms with Gasteiger partial charge in [-0.3, -0.25) is 9.69 Å². The summed E-state index contributed by atoms with van der Waals surface area (Å²) in [6.45, 7) is 1.85. The second-order valence-electron chi connectivity index (χ2n) is 9.41. The molecular formula is C26H32FN3O2S. The van der Waals surface area contributed by atoms with E-state index in [2.05, 4.69) is 16.5 Å². The first-order valence-electron chi connectivity index (χ1n) is 12.0. The maximum Gasteiger partial charge on any atom is 0.249 e. The van der Waals surface area contributed by atoms with Crippen LogP contribution in [0.15, 0.2) is 36.4 Å². The average molecular weight is 470 g/mol. The van der Waals surface area contributed by atoms with Crippen molar-refractivity contribution >= 4 is 23.4 Å². The highest BCUT2D eigenvalue weighted by Crippen LogP contribution is 2.40. The number of nitrogens with zero attached hydrogens (tertiary/aromatic N) is 1. The molecule has 0 spiro atoms. The first-order valence-corrected chi connectivity index (χ1v) is 13.2. The molecule has 7 heteroatoms. The van der Waals surface area contributed by atoms with E-state index in [9.17, 15) is 9.18 Å². The third kappa shape index (κ3) is 4.45. The SMILES string of the molecule is CSC1Oc2cccc(C(N)=O)c2CC1N(CCCC1CNc2ccc(F)cc21)C1CCC1. The Kier molecular flexibility index (Phi) is 6.52. The predicted molar refractivity (Wildman–Crippen MR) is 132 cm³/mol. The molecule has 3 atom stereocenters. The lowest BCUT2D eigenvalue weighted by atomic mass is 9.87. The second-order valence-corrected chi connectivity index (χ2v) is 10.4. The molecule has 0 radical (unpaired) electrons. The second kappa shape index (κ2) is 9.55. The normalized spacial score (nSPS) is 23.9. The standard InChI is InChI=1S/C26H32FN3O2S/c1-33-26-23(14-21-19(25(28)31)8-3-9-24(21)32-26)30(18-6-2-7-18)12-4-5-16-15-29-22-11-10-17(27)13-20(16)22/h3,8-11,13,16,18,23,26,29H,2,4-7,12,14-15H2,1H3,(H2,28,31). The molecule has 0 saturated heterocycles. The lowest BCUT2D eigenvalue weighted by molar-refractivity contribution is 0.0316. The summed E-state index contributed by atoms with van der Waals surface area (Å²) in [4.78, 5) is 14.7. The highest BCUT2D eigenvalue weighted by molar-refractivity contribution is 7.99. The maximum absolute atomic E-state index is 13.8. The van der Waals surface area contributed by atoms with Crippen LogP contribution in [0.2, 0.25) is 0 Å². The quantitative estimate of drug-likeness (QED) is 0.583. The Morgan fingerprint density at radius 1 is 1.30 bits per heavy atom. The van der Waals surface area contributed by atoms with Gasteiger partial charge in [0.2, 0.25) is 5.91 Å². The van der Waals surface area contributed by atoms with Gasteiger partial charge in [0, 0.05) is 35.3 Å². The first kappa shape index (κ1) is 22.5. The lowest BCUT2D eigenvalue weighted by Gasteiger charge is -2.47. The molecule has 5 nitrogen and oxygen atoms in total. The molecule has 3 N–H and O–H groups in total. The number of nitrogens with one attached hydrogen (secondary N) is 1. The molecule has 2 aromatic rings. The Hall–Kier alpha value is -2.25. The molecule has 2 heterocycles. The Morgan fingerprint density at radius 2 is 2.15 bits per heavy atom. The van der Waals surface area contributed by atoms with Crippen LogP contribution in [-0.2, 0) is 6.42 Å². The molecule has 1 fully saturated rings. The van der Waals surface area contributed by atoms with Crippen molar-refractivity contribution in [2.75, 3.05) is 24.7 Å². The average Bonchev–Trinajstić information content (AvgIpc) is 3.17. The largest absolute Gasteiger partial charge is 0.478 e. The van der Waals surface area contributed by atoms with E-state index in [4.69, 9.17) is 10.5 Å². The van der Waals surface area contributed by atoms with Gasteiger partial charge in [-0.15, -0.1) is 11.8 Å². The molecule has 1 aliphatic carbocycles. The Morgan fingerprint density at radius 3 is 2.88 bits per heavy atom. The van der Waals surface area contributed by atoms with Gasteiger partial charge in [-0.2, -0.15) is 0 Å². The summed E-state index contributed by atoms with van der Waals surface area (Å²) in [6.07, 6.45) is 8.61. The van der Waals surface area contributed by atoms with Gasteiger partial charge < -0.3 is 15.8 Å². The number of anilines is 1.